The van der Waals surface area contributed by atoms with Gasteiger partial charge in [0.2, 0.25) is 0 Å². The molecule has 156 valence electrons. The van der Waals surface area contributed by atoms with Crippen molar-refractivity contribution in [1.82, 2.24) is 0 Å². The fourth-order valence-electron chi connectivity index (χ4n) is 4.02. The molecule has 0 fully saturated rings. The maximum absolute atomic E-state index is 3.65. The lowest BCUT2D eigenvalue weighted by atomic mass is 10.0. The molecule has 0 saturated carbocycles. The largest absolute Gasteiger partial charge is 0.378 e. The number of nitrogens with one attached hydrogen (secondary N) is 1. The standard InChI is InChI=1S/C27H43N/c1-2-3-4-5-6-7-8-9-10-11-12-13-14-15-16-17-21-26-24-23-25-20-18-19-22-27(25)28-26/h9-10,18-20,22-24,26,28H,2-8,11-17,21H2,1H3/b10-9-. The molecular formula is C27H43N. The van der Waals surface area contributed by atoms with E-state index in [-0.39, 0.29) is 0 Å². The van der Waals surface area contributed by atoms with E-state index >= 15 is 0 Å². The van der Waals surface area contributed by atoms with E-state index in [1.807, 2.05) is 0 Å². The highest BCUT2D eigenvalue weighted by atomic mass is 14.9. The first kappa shape index (κ1) is 22.8. The van der Waals surface area contributed by atoms with Crippen LogP contribution in [-0.4, -0.2) is 6.04 Å². The van der Waals surface area contributed by atoms with Crippen LogP contribution in [0, 0.1) is 0 Å². The molecule has 1 aromatic carbocycles. The number of benzene rings is 1. The van der Waals surface area contributed by atoms with Crippen LogP contribution in [0.15, 0.2) is 42.5 Å². The number of rotatable bonds is 16. The molecule has 0 aliphatic carbocycles. The molecule has 1 atom stereocenters. The number of hydrogen-bond acceptors (Lipinski definition) is 1. The fourth-order valence-corrected chi connectivity index (χ4v) is 4.02. The molecule has 0 saturated heterocycles. The highest BCUT2D eigenvalue weighted by Gasteiger charge is 2.11. The normalized spacial score (nSPS) is 15.7. The van der Waals surface area contributed by atoms with Gasteiger partial charge in [-0.2, -0.15) is 0 Å². The Hall–Kier alpha value is -1.50. The summed E-state index contributed by atoms with van der Waals surface area (Å²) in [6, 6.07) is 9.11. The molecule has 0 radical (unpaired) electrons. The maximum atomic E-state index is 3.65. The number of fused-ring (bicyclic) bond motifs is 1. The average Bonchev–Trinajstić information content (AvgIpc) is 2.73. The SMILES string of the molecule is CCCCCCCC/C=C\CCCCCCCCC1C=Cc2ccccc2N1. The van der Waals surface area contributed by atoms with E-state index in [0.717, 1.165) is 0 Å². The predicted molar refractivity (Wildman–Crippen MR) is 127 cm³/mol. The molecule has 0 amide bonds. The van der Waals surface area contributed by atoms with Crippen molar-refractivity contribution in [2.24, 2.45) is 0 Å². The lowest BCUT2D eigenvalue weighted by Crippen LogP contribution is -2.19. The molecular weight excluding hydrogens is 338 g/mol. The maximum Gasteiger partial charge on any atom is 0.0447 e. The minimum atomic E-state index is 0.520. The number of anilines is 1. The summed E-state index contributed by atoms with van der Waals surface area (Å²) < 4.78 is 0. The van der Waals surface area contributed by atoms with Crippen LogP contribution in [0.3, 0.4) is 0 Å². The van der Waals surface area contributed by atoms with Crippen molar-refractivity contribution in [3.63, 3.8) is 0 Å². The number of hydrogen-bond donors (Lipinski definition) is 1. The van der Waals surface area contributed by atoms with Gasteiger partial charge >= 0.3 is 0 Å². The second-order valence-electron chi connectivity index (χ2n) is 8.42. The molecule has 0 spiro atoms. The van der Waals surface area contributed by atoms with Gasteiger partial charge in [0.1, 0.15) is 0 Å². The molecule has 0 bridgehead atoms. The summed E-state index contributed by atoms with van der Waals surface area (Å²) in [4.78, 5) is 0. The highest BCUT2D eigenvalue weighted by molar-refractivity contribution is 5.70. The van der Waals surface area contributed by atoms with E-state index < -0.39 is 0 Å². The Morgan fingerprint density at radius 2 is 1.36 bits per heavy atom. The second kappa shape index (κ2) is 15.4. The van der Waals surface area contributed by atoms with Gasteiger partial charge in [-0.3, -0.25) is 0 Å². The van der Waals surface area contributed by atoms with Crippen molar-refractivity contribution in [1.29, 1.82) is 0 Å². The Balaban J connectivity index is 1.34. The first-order valence-corrected chi connectivity index (χ1v) is 12.1. The van der Waals surface area contributed by atoms with Crippen LogP contribution in [-0.2, 0) is 0 Å². The third-order valence-electron chi connectivity index (χ3n) is 5.84. The third-order valence-corrected chi connectivity index (χ3v) is 5.84. The van der Waals surface area contributed by atoms with Crippen LogP contribution in [0.1, 0.15) is 109 Å². The van der Waals surface area contributed by atoms with Crippen molar-refractivity contribution in [2.45, 2.75) is 109 Å². The smallest absolute Gasteiger partial charge is 0.0447 e. The second-order valence-corrected chi connectivity index (χ2v) is 8.42. The number of para-hydroxylation sites is 1. The van der Waals surface area contributed by atoms with Crippen molar-refractivity contribution in [3.05, 3.63) is 48.1 Å². The Labute approximate surface area is 174 Å². The predicted octanol–water partition coefficient (Wildman–Crippen LogP) is 8.92. The third kappa shape index (κ3) is 10.2. The summed E-state index contributed by atoms with van der Waals surface area (Å²) in [5, 5.41) is 3.65. The molecule has 28 heavy (non-hydrogen) atoms. The van der Waals surface area contributed by atoms with Gasteiger partial charge in [-0.1, -0.05) is 114 Å². The summed E-state index contributed by atoms with van der Waals surface area (Å²) in [7, 11) is 0. The number of unbranched alkanes of at least 4 members (excludes halogenated alkanes) is 12. The van der Waals surface area contributed by atoms with E-state index in [1.165, 1.54) is 108 Å². The van der Waals surface area contributed by atoms with Crippen LogP contribution in [0.25, 0.3) is 6.08 Å². The Morgan fingerprint density at radius 1 is 0.750 bits per heavy atom. The van der Waals surface area contributed by atoms with Crippen molar-refractivity contribution in [2.75, 3.05) is 5.32 Å². The lowest BCUT2D eigenvalue weighted by Gasteiger charge is -2.22. The minimum Gasteiger partial charge on any atom is -0.378 e. The Kier molecular flexibility index (Phi) is 12.6. The highest BCUT2D eigenvalue weighted by Crippen LogP contribution is 2.24. The Morgan fingerprint density at radius 3 is 2.07 bits per heavy atom. The summed E-state index contributed by atoms with van der Waals surface area (Å²) in [6.07, 6.45) is 30.0. The molecule has 1 aliphatic heterocycles. The molecule has 1 aromatic rings. The van der Waals surface area contributed by atoms with Crippen LogP contribution in [0.4, 0.5) is 5.69 Å². The summed E-state index contributed by atoms with van der Waals surface area (Å²) in [6.45, 7) is 2.29. The first-order chi connectivity index (χ1) is 13.9. The van der Waals surface area contributed by atoms with Gasteiger partial charge in [0.15, 0.2) is 0 Å². The molecule has 2 rings (SSSR count). The van der Waals surface area contributed by atoms with Gasteiger partial charge in [0, 0.05) is 11.7 Å². The molecule has 1 N–H and O–H groups in total. The van der Waals surface area contributed by atoms with Crippen LogP contribution < -0.4 is 5.32 Å². The van der Waals surface area contributed by atoms with Gasteiger partial charge in [0.25, 0.3) is 0 Å². The van der Waals surface area contributed by atoms with Crippen molar-refractivity contribution < 1.29 is 0 Å². The van der Waals surface area contributed by atoms with E-state index in [9.17, 15) is 0 Å². The van der Waals surface area contributed by atoms with Gasteiger partial charge in [-0.05, 0) is 43.7 Å². The summed E-state index contributed by atoms with van der Waals surface area (Å²) in [5.74, 6) is 0. The van der Waals surface area contributed by atoms with Crippen LogP contribution >= 0.6 is 0 Å². The summed E-state index contributed by atoms with van der Waals surface area (Å²) >= 11 is 0. The molecule has 1 unspecified atom stereocenters. The molecule has 1 nitrogen and oxygen atoms in total. The van der Waals surface area contributed by atoms with Gasteiger partial charge in [-0.25, -0.2) is 0 Å². The topological polar surface area (TPSA) is 12.0 Å². The monoisotopic (exact) mass is 381 g/mol. The quantitative estimate of drug-likeness (QED) is 0.222. The zero-order valence-electron chi connectivity index (χ0n) is 18.3. The van der Waals surface area contributed by atoms with Gasteiger partial charge in [-0.15, -0.1) is 0 Å². The molecule has 0 aromatic heterocycles. The van der Waals surface area contributed by atoms with E-state index in [2.05, 4.69) is 60.8 Å². The first-order valence-electron chi connectivity index (χ1n) is 12.1. The van der Waals surface area contributed by atoms with E-state index in [0.29, 0.717) is 6.04 Å². The molecule has 1 heterocycles. The molecule has 1 heteroatoms. The van der Waals surface area contributed by atoms with Crippen molar-refractivity contribution in [3.8, 4) is 0 Å². The van der Waals surface area contributed by atoms with Crippen LogP contribution in [0.5, 0.6) is 0 Å². The zero-order chi connectivity index (χ0) is 19.7. The van der Waals surface area contributed by atoms with Gasteiger partial charge < -0.3 is 5.32 Å². The molecule has 1 aliphatic rings. The van der Waals surface area contributed by atoms with Gasteiger partial charge in [0.05, 0.1) is 0 Å². The Bertz CT molecular complexity index is 557. The lowest BCUT2D eigenvalue weighted by molar-refractivity contribution is 0.572. The average molecular weight is 382 g/mol. The van der Waals surface area contributed by atoms with E-state index in [4.69, 9.17) is 0 Å². The minimum absolute atomic E-state index is 0.520. The zero-order valence-corrected chi connectivity index (χ0v) is 18.3. The van der Waals surface area contributed by atoms with E-state index in [1.54, 1.807) is 0 Å². The number of allylic oxidation sites excluding steroid dienone is 2. The van der Waals surface area contributed by atoms with Crippen molar-refractivity contribution >= 4 is 11.8 Å². The van der Waals surface area contributed by atoms with Crippen LogP contribution in [0.2, 0.25) is 0 Å². The summed E-state index contributed by atoms with van der Waals surface area (Å²) in [5.41, 5.74) is 2.61. The fraction of sp³-hybridized carbons (Fsp3) is 0.630.